The van der Waals surface area contributed by atoms with Crippen molar-refractivity contribution in [3.63, 3.8) is 0 Å². The lowest BCUT2D eigenvalue weighted by Crippen LogP contribution is -2.49. The number of hydrogen-bond donors (Lipinski definition) is 0. The second kappa shape index (κ2) is 7.88. The molecule has 0 saturated carbocycles. The zero-order valence-electron chi connectivity index (χ0n) is 17.5. The van der Waals surface area contributed by atoms with Crippen LogP contribution in [0.5, 0.6) is 0 Å². The van der Waals surface area contributed by atoms with Crippen molar-refractivity contribution in [3.05, 3.63) is 78.1 Å². The fraction of sp³-hybridized carbons (Fsp3) is 0.261. The molecular weight excluding hydrogens is 390 g/mol. The Morgan fingerprint density at radius 2 is 1.84 bits per heavy atom. The maximum absolute atomic E-state index is 12.9. The van der Waals surface area contributed by atoms with Crippen LogP contribution in [-0.2, 0) is 0 Å². The molecule has 0 bridgehead atoms. The van der Waals surface area contributed by atoms with Gasteiger partial charge in [0, 0.05) is 43.8 Å². The van der Waals surface area contributed by atoms with Crippen LogP contribution in [0.25, 0.3) is 16.6 Å². The number of aromatic nitrogens is 5. The Morgan fingerprint density at radius 1 is 1.03 bits per heavy atom. The number of aryl methyl sites for hydroxylation is 1. The Labute approximate surface area is 180 Å². The zero-order valence-corrected chi connectivity index (χ0v) is 17.5. The first-order chi connectivity index (χ1) is 15.1. The van der Waals surface area contributed by atoms with Crippen LogP contribution in [-0.4, -0.2) is 67.2 Å². The molecule has 0 aliphatic carbocycles. The summed E-state index contributed by atoms with van der Waals surface area (Å²) < 4.78 is 1.82. The van der Waals surface area contributed by atoms with Gasteiger partial charge in [-0.2, -0.15) is 0 Å². The standard InChI is InChI=1S/C23H23N7O/c1-16-3-5-17(6-4-16)18-7-8-20-22(26-27-30(20)14-18)21-15-29(12-11-28(21)2)23(31)19-13-24-9-10-25-19/h3-10,13-14,21H,11-12,15H2,1-2H3/t21-/m1/s1. The lowest BCUT2D eigenvalue weighted by Gasteiger charge is -2.38. The predicted octanol–water partition coefficient (Wildman–Crippen LogP) is 2.62. The third-order valence-electron chi connectivity index (χ3n) is 5.86. The van der Waals surface area contributed by atoms with Gasteiger partial charge in [0.1, 0.15) is 11.4 Å². The number of likely N-dealkylation sites (N-methyl/N-ethyl adjacent to an activating group) is 1. The van der Waals surface area contributed by atoms with Crippen molar-refractivity contribution in [1.82, 2.24) is 34.6 Å². The Hall–Kier alpha value is -3.65. The van der Waals surface area contributed by atoms with Gasteiger partial charge in [0.25, 0.3) is 5.91 Å². The van der Waals surface area contributed by atoms with Crippen LogP contribution in [0.4, 0.5) is 0 Å². The van der Waals surface area contributed by atoms with E-state index in [4.69, 9.17) is 0 Å². The average Bonchev–Trinajstić information content (AvgIpc) is 3.23. The van der Waals surface area contributed by atoms with E-state index < -0.39 is 0 Å². The van der Waals surface area contributed by atoms with Gasteiger partial charge in [-0.05, 0) is 25.6 Å². The maximum atomic E-state index is 12.9. The third-order valence-corrected chi connectivity index (χ3v) is 5.86. The molecule has 3 aromatic heterocycles. The van der Waals surface area contributed by atoms with Crippen molar-refractivity contribution in [2.45, 2.75) is 13.0 Å². The Balaban J connectivity index is 1.43. The van der Waals surface area contributed by atoms with Gasteiger partial charge in [-0.1, -0.05) is 41.1 Å². The monoisotopic (exact) mass is 413 g/mol. The Morgan fingerprint density at radius 3 is 2.61 bits per heavy atom. The normalized spacial score (nSPS) is 17.2. The molecule has 1 aliphatic heterocycles. The molecule has 156 valence electrons. The largest absolute Gasteiger partial charge is 0.334 e. The molecule has 1 atom stereocenters. The smallest absolute Gasteiger partial charge is 0.274 e. The van der Waals surface area contributed by atoms with E-state index in [0.29, 0.717) is 18.8 Å². The number of piperazine rings is 1. The molecule has 1 fully saturated rings. The molecule has 1 aromatic carbocycles. The van der Waals surface area contributed by atoms with Gasteiger partial charge >= 0.3 is 0 Å². The van der Waals surface area contributed by atoms with Gasteiger partial charge in [-0.15, -0.1) is 5.10 Å². The molecule has 0 spiro atoms. The summed E-state index contributed by atoms with van der Waals surface area (Å²) >= 11 is 0. The van der Waals surface area contributed by atoms with Gasteiger partial charge < -0.3 is 4.90 Å². The molecule has 5 rings (SSSR count). The van der Waals surface area contributed by atoms with Crippen LogP contribution in [0.1, 0.15) is 27.8 Å². The number of carbonyl (C=O) groups is 1. The number of hydrogen-bond acceptors (Lipinski definition) is 6. The summed E-state index contributed by atoms with van der Waals surface area (Å²) in [5.74, 6) is -0.107. The molecule has 8 heteroatoms. The first kappa shape index (κ1) is 19.3. The van der Waals surface area contributed by atoms with E-state index in [1.165, 1.54) is 11.8 Å². The predicted molar refractivity (Wildman–Crippen MR) is 116 cm³/mol. The topological polar surface area (TPSA) is 79.5 Å². The fourth-order valence-corrected chi connectivity index (χ4v) is 3.99. The fourth-order valence-electron chi connectivity index (χ4n) is 3.99. The van der Waals surface area contributed by atoms with Gasteiger partial charge in [0.2, 0.25) is 0 Å². The van der Waals surface area contributed by atoms with Gasteiger partial charge in [0.05, 0.1) is 17.8 Å². The van der Waals surface area contributed by atoms with Crippen LogP contribution in [0.15, 0.2) is 61.2 Å². The number of amides is 1. The van der Waals surface area contributed by atoms with Crippen LogP contribution < -0.4 is 0 Å². The van der Waals surface area contributed by atoms with E-state index in [1.54, 1.807) is 12.4 Å². The Bertz CT molecular complexity index is 1220. The van der Waals surface area contributed by atoms with Crippen molar-refractivity contribution < 1.29 is 4.79 Å². The van der Waals surface area contributed by atoms with E-state index in [1.807, 2.05) is 15.6 Å². The van der Waals surface area contributed by atoms with Crippen LogP contribution in [0.3, 0.4) is 0 Å². The van der Waals surface area contributed by atoms with E-state index in [0.717, 1.165) is 28.9 Å². The quantitative estimate of drug-likeness (QED) is 0.514. The number of rotatable bonds is 3. The van der Waals surface area contributed by atoms with E-state index >= 15 is 0 Å². The minimum absolute atomic E-state index is 0.0444. The molecule has 0 radical (unpaired) electrons. The van der Waals surface area contributed by atoms with Crippen molar-refractivity contribution in [2.75, 3.05) is 26.7 Å². The highest BCUT2D eigenvalue weighted by atomic mass is 16.2. The third kappa shape index (κ3) is 3.66. The van der Waals surface area contributed by atoms with Crippen LogP contribution in [0, 0.1) is 6.92 Å². The minimum Gasteiger partial charge on any atom is -0.334 e. The first-order valence-corrected chi connectivity index (χ1v) is 10.3. The number of benzene rings is 1. The SMILES string of the molecule is Cc1ccc(-c2ccc3c([C@H]4CN(C(=O)c5cnccn5)CCN4C)nnn3c2)cc1. The second-order valence-electron chi connectivity index (χ2n) is 7.93. The zero-order chi connectivity index (χ0) is 21.4. The summed E-state index contributed by atoms with van der Waals surface area (Å²) in [7, 11) is 2.06. The number of carbonyl (C=O) groups excluding carboxylic acids is 1. The molecule has 0 unspecified atom stereocenters. The summed E-state index contributed by atoms with van der Waals surface area (Å²) in [6, 6.07) is 12.5. The molecule has 1 saturated heterocycles. The second-order valence-corrected chi connectivity index (χ2v) is 7.93. The van der Waals surface area contributed by atoms with Gasteiger partial charge in [-0.25, -0.2) is 9.50 Å². The molecule has 4 aromatic rings. The summed E-state index contributed by atoms with van der Waals surface area (Å²) in [6.45, 7) is 3.99. The number of pyridine rings is 1. The van der Waals surface area contributed by atoms with Crippen molar-refractivity contribution >= 4 is 11.4 Å². The summed E-state index contributed by atoms with van der Waals surface area (Å²) in [4.78, 5) is 25.1. The van der Waals surface area contributed by atoms with Crippen LogP contribution in [0.2, 0.25) is 0 Å². The Kier molecular flexibility index (Phi) is 4.91. The molecular formula is C23H23N7O. The average molecular weight is 413 g/mol. The van der Waals surface area contributed by atoms with E-state index in [-0.39, 0.29) is 11.9 Å². The van der Waals surface area contributed by atoms with Gasteiger partial charge in [-0.3, -0.25) is 14.7 Å². The lowest BCUT2D eigenvalue weighted by molar-refractivity contribution is 0.0536. The molecule has 1 aliphatic rings. The van der Waals surface area contributed by atoms with E-state index in [2.05, 4.69) is 75.5 Å². The van der Waals surface area contributed by atoms with Crippen molar-refractivity contribution in [2.24, 2.45) is 0 Å². The summed E-state index contributed by atoms with van der Waals surface area (Å²) in [6.07, 6.45) is 6.62. The maximum Gasteiger partial charge on any atom is 0.274 e. The summed E-state index contributed by atoms with van der Waals surface area (Å²) in [5.41, 5.74) is 5.63. The molecule has 31 heavy (non-hydrogen) atoms. The van der Waals surface area contributed by atoms with Gasteiger partial charge in [0.15, 0.2) is 0 Å². The molecule has 0 N–H and O–H groups in total. The van der Waals surface area contributed by atoms with Crippen LogP contribution >= 0.6 is 0 Å². The minimum atomic E-state index is -0.107. The number of fused-ring (bicyclic) bond motifs is 1. The highest BCUT2D eigenvalue weighted by Crippen LogP contribution is 2.28. The molecule has 8 nitrogen and oxygen atoms in total. The molecule has 1 amide bonds. The van der Waals surface area contributed by atoms with Crippen molar-refractivity contribution in [3.8, 4) is 11.1 Å². The summed E-state index contributed by atoms with van der Waals surface area (Å²) in [5, 5.41) is 8.86. The lowest BCUT2D eigenvalue weighted by atomic mass is 10.0. The first-order valence-electron chi connectivity index (χ1n) is 10.3. The van der Waals surface area contributed by atoms with Crippen molar-refractivity contribution in [1.29, 1.82) is 0 Å². The highest BCUT2D eigenvalue weighted by Gasteiger charge is 2.32. The number of nitrogens with zero attached hydrogens (tertiary/aromatic N) is 7. The van der Waals surface area contributed by atoms with E-state index in [9.17, 15) is 4.79 Å². The molecule has 4 heterocycles. The highest BCUT2D eigenvalue weighted by molar-refractivity contribution is 5.92.